The molecule has 2 aromatic rings. The summed E-state index contributed by atoms with van der Waals surface area (Å²) in [5.41, 5.74) is 1.24. The zero-order valence-corrected chi connectivity index (χ0v) is 16.2. The highest BCUT2D eigenvalue weighted by molar-refractivity contribution is 5.54. The van der Waals surface area contributed by atoms with E-state index in [9.17, 15) is 14.8 Å². The first-order chi connectivity index (χ1) is 13.4. The number of nitrogens with zero attached hydrogens (tertiary/aromatic N) is 3. The number of hydrogen-bond acceptors (Lipinski definition) is 6. The number of benzene rings is 1. The summed E-state index contributed by atoms with van der Waals surface area (Å²) in [6, 6.07) is 8.67. The van der Waals surface area contributed by atoms with Crippen molar-refractivity contribution in [2.24, 2.45) is 5.41 Å². The van der Waals surface area contributed by atoms with E-state index in [-0.39, 0.29) is 24.8 Å². The van der Waals surface area contributed by atoms with E-state index in [0.29, 0.717) is 30.3 Å². The lowest BCUT2D eigenvalue weighted by Gasteiger charge is -2.40. The molecule has 1 saturated carbocycles. The number of anilines is 2. The van der Waals surface area contributed by atoms with Crippen molar-refractivity contribution in [2.75, 3.05) is 17.2 Å². The van der Waals surface area contributed by atoms with E-state index in [4.69, 9.17) is 0 Å². The van der Waals surface area contributed by atoms with Gasteiger partial charge in [-0.05, 0) is 48.8 Å². The molecule has 3 N–H and O–H groups in total. The summed E-state index contributed by atoms with van der Waals surface area (Å²) in [5.74, 6) is 0.707. The molecular weight excluding hydrogens is 357 g/mol. The molecule has 0 bridgehead atoms. The van der Waals surface area contributed by atoms with Crippen LogP contribution in [-0.2, 0) is 6.42 Å². The van der Waals surface area contributed by atoms with Crippen LogP contribution in [0.1, 0.15) is 45.7 Å². The highest BCUT2D eigenvalue weighted by Crippen LogP contribution is 2.36. The zero-order valence-electron chi connectivity index (χ0n) is 16.2. The lowest BCUT2D eigenvalue weighted by atomic mass is 9.73. The molecule has 1 aliphatic carbocycles. The van der Waals surface area contributed by atoms with Crippen LogP contribution in [0, 0.1) is 22.6 Å². The maximum absolute atomic E-state index is 13.0. The number of rotatable bonds is 6. The molecule has 2 atom stereocenters. The van der Waals surface area contributed by atoms with Gasteiger partial charge in [0, 0.05) is 14.0 Å². The maximum Gasteiger partial charge on any atom is 0.224 e. The van der Waals surface area contributed by atoms with E-state index < -0.39 is 0 Å². The zero-order chi connectivity index (χ0) is 20.1. The molecule has 3 rings (SSSR count). The molecule has 1 aliphatic rings. The molecule has 0 spiro atoms. The topological polar surface area (TPSA) is 93.9 Å². The first-order valence-corrected chi connectivity index (χ1v) is 9.57. The first-order valence-electron chi connectivity index (χ1n) is 9.57. The van der Waals surface area contributed by atoms with E-state index in [1.54, 1.807) is 12.1 Å². The van der Waals surface area contributed by atoms with Gasteiger partial charge in [-0.15, -0.1) is 0 Å². The molecule has 1 fully saturated rings. The van der Waals surface area contributed by atoms with Gasteiger partial charge in [0.25, 0.3) is 0 Å². The van der Waals surface area contributed by atoms with Crippen molar-refractivity contribution < 1.29 is 10.9 Å². The van der Waals surface area contributed by atoms with Crippen molar-refractivity contribution in [3.8, 4) is 6.07 Å². The second kappa shape index (κ2) is 8.53. The summed E-state index contributed by atoms with van der Waals surface area (Å²) in [6.45, 7) is 4.71. The fourth-order valence-electron chi connectivity index (χ4n) is 3.57. The Kier molecular flexibility index (Phi) is 6.10. The minimum absolute atomic E-state index is 0. The van der Waals surface area contributed by atoms with E-state index in [0.717, 1.165) is 24.8 Å². The predicted molar refractivity (Wildman–Crippen MR) is 109 cm³/mol. The molecule has 0 unspecified atom stereocenters. The molecule has 7 heteroatoms. The van der Waals surface area contributed by atoms with Gasteiger partial charge in [-0.1, -0.05) is 26.0 Å². The normalized spacial score (nSPS) is 21.0. The van der Waals surface area contributed by atoms with E-state index >= 15 is 0 Å². The van der Waals surface area contributed by atoms with Crippen LogP contribution >= 0.6 is 0 Å². The minimum Gasteiger partial charge on any atom is -0.393 e. The smallest absolute Gasteiger partial charge is 0.224 e. The Morgan fingerprint density at radius 1 is 1.32 bits per heavy atom. The fourth-order valence-corrected chi connectivity index (χ4v) is 3.57. The van der Waals surface area contributed by atoms with Crippen LogP contribution in [0.2, 0.25) is 0 Å². The van der Waals surface area contributed by atoms with Crippen LogP contribution in [0.25, 0.3) is 0 Å². The third-order valence-electron chi connectivity index (χ3n) is 5.32. The van der Waals surface area contributed by atoms with Crippen LogP contribution in [0.4, 0.5) is 16.2 Å². The Morgan fingerprint density at radius 3 is 2.75 bits per heavy atom. The predicted octanol–water partition coefficient (Wildman–Crippen LogP) is 3.74. The van der Waals surface area contributed by atoms with Crippen molar-refractivity contribution in [1.29, 1.82) is 5.26 Å². The van der Waals surface area contributed by atoms with E-state index in [1.807, 2.05) is 0 Å². The fraction of sp³-hybridized carbons (Fsp3) is 0.476. The van der Waals surface area contributed by atoms with Crippen molar-refractivity contribution in [1.82, 2.24) is 9.97 Å². The van der Waals surface area contributed by atoms with Crippen LogP contribution in [0.15, 0.2) is 30.5 Å². The van der Waals surface area contributed by atoms with Gasteiger partial charge in [0.2, 0.25) is 5.95 Å². The van der Waals surface area contributed by atoms with Gasteiger partial charge in [0.1, 0.15) is 23.3 Å². The molecule has 6 nitrogen and oxygen atoms in total. The van der Waals surface area contributed by atoms with Gasteiger partial charge in [-0.2, -0.15) is 10.2 Å². The van der Waals surface area contributed by atoms with Crippen molar-refractivity contribution in [3.05, 3.63) is 47.4 Å². The number of hydrogen-bond donors (Lipinski definition) is 3. The third kappa shape index (κ3) is 4.96. The van der Waals surface area contributed by atoms with Crippen LogP contribution in [0.3, 0.4) is 0 Å². The standard InChI is InChI=1S/C21H26FN5O.H2/c1-21(2)11-17(7-8-18(21)28)26-19-15(12-23)13-25-20(27-19)24-10-9-14-3-5-16(22)6-4-14;/h3-6,13,17-18,28H,7-11H2,1-2H3,(H2,24,25,26,27);1H/t17-,18+;/m1./s1. The van der Waals surface area contributed by atoms with Gasteiger partial charge in [0.15, 0.2) is 0 Å². The van der Waals surface area contributed by atoms with Gasteiger partial charge in [-0.3, -0.25) is 0 Å². The summed E-state index contributed by atoms with van der Waals surface area (Å²) in [7, 11) is 0. The molecule has 0 saturated heterocycles. The largest absolute Gasteiger partial charge is 0.393 e. The van der Waals surface area contributed by atoms with Gasteiger partial charge < -0.3 is 15.7 Å². The monoisotopic (exact) mass is 385 g/mol. The first kappa shape index (κ1) is 20.0. The number of aromatic nitrogens is 2. The quantitative estimate of drug-likeness (QED) is 0.701. The molecule has 28 heavy (non-hydrogen) atoms. The average Bonchev–Trinajstić information content (AvgIpc) is 2.66. The molecule has 0 radical (unpaired) electrons. The van der Waals surface area contributed by atoms with E-state index in [2.05, 4.69) is 40.5 Å². The number of aliphatic hydroxyl groups excluding tert-OH is 1. The molecule has 1 aromatic heterocycles. The summed E-state index contributed by atoms with van der Waals surface area (Å²) in [5, 5.41) is 26.0. The highest BCUT2D eigenvalue weighted by atomic mass is 19.1. The minimum atomic E-state index is -0.310. The molecular formula is C21H28FN5O. The van der Waals surface area contributed by atoms with Crippen LogP contribution < -0.4 is 10.6 Å². The highest BCUT2D eigenvalue weighted by Gasteiger charge is 2.35. The lowest BCUT2D eigenvalue weighted by molar-refractivity contribution is 0.00926. The number of aliphatic hydroxyl groups is 1. The molecule has 150 valence electrons. The summed E-state index contributed by atoms with van der Waals surface area (Å²) in [4.78, 5) is 8.68. The Morgan fingerprint density at radius 2 is 2.07 bits per heavy atom. The van der Waals surface area contributed by atoms with Gasteiger partial charge in [0.05, 0.1) is 12.3 Å². The SMILES string of the molecule is CC1(C)C[C@H](Nc2nc(NCCc3ccc(F)cc3)ncc2C#N)CC[C@@H]1O.[HH]. The van der Waals surface area contributed by atoms with Crippen LogP contribution in [0.5, 0.6) is 0 Å². The summed E-state index contributed by atoms with van der Waals surface area (Å²) < 4.78 is 13.0. The molecule has 1 heterocycles. The molecule has 0 aliphatic heterocycles. The number of halogens is 1. The van der Waals surface area contributed by atoms with Crippen molar-refractivity contribution in [2.45, 2.75) is 51.7 Å². The van der Waals surface area contributed by atoms with Gasteiger partial charge >= 0.3 is 0 Å². The summed E-state index contributed by atoms with van der Waals surface area (Å²) >= 11 is 0. The van der Waals surface area contributed by atoms with E-state index in [1.165, 1.54) is 18.3 Å². The Bertz CT molecular complexity index is 853. The second-order valence-electron chi connectivity index (χ2n) is 8.00. The third-order valence-corrected chi connectivity index (χ3v) is 5.32. The van der Waals surface area contributed by atoms with Gasteiger partial charge in [-0.25, -0.2) is 9.37 Å². The summed E-state index contributed by atoms with van der Waals surface area (Å²) in [6.07, 6.45) is 4.26. The van der Waals surface area contributed by atoms with Crippen LogP contribution in [-0.4, -0.2) is 33.8 Å². The molecule has 1 aromatic carbocycles. The Hall–Kier alpha value is -2.72. The van der Waals surface area contributed by atoms with Crippen molar-refractivity contribution in [3.63, 3.8) is 0 Å². The maximum atomic E-state index is 13.0. The molecule has 0 amide bonds. The number of nitrogens with one attached hydrogen (secondary N) is 2. The Labute approximate surface area is 166 Å². The number of nitriles is 1. The van der Waals surface area contributed by atoms with Crippen molar-refractivity contribution >= 4 is 11.8 Å². The Balaban J connectivity index is 0.00000300. The second-order valence-corrected chi connectivity index (χ2v) is 8.00. The lowest BCUT2D eigenvalue weighted by Crippen LogP contribution is -2.41. The average molecular weight is 385 g/mol.